The Labute approximate surface area is 97.0 Å². The van der Waals surface area contributed by atoms with Gasteiger partial charge in [-0.05, 0) is 26.7 Å². The number of hydrogen-bond donors (Lipinski definition) is 2. The molecule has 2 N–H and O–H groups in total. The third kappa shape index (κ3) is 3.51. The second-order valence-corrected chi connectivity index (χ2v) is 4.63. The molecule has 0 aliphatic carbocycles. The van der Waals surface area contributed by atoms with Crippen LogP contribution in [0.4, 0.5) is 0 Å². The van der Waals surface area contributed by atoms with Crippen LogP contribution in [0.5, 0.6) is 0 Å². The molecular weight excluding hydrogens is 204 g/mol. The van der Waals surface area contributed by atoms with Crippen LogP contribution in [0.3, 0.4) is 0 Å². The topological polar surface area (TPSA) is 52.6 Å². The lowest BCUT2D eigenvalue weighted by molar-refractivity contribution is -0.127. The number of nitrogens with one attached hydrogen (secondary N) is 1. The summed E-state index contributed by atoms with van der Waals surface area (Å²) in [6.07, 6.45) is 6.50. The third-order valence-electron chi connectivity index (χ3n) is 3.17. The average Bonchev–Trinajstić information content (AvgIpc) is 2.25. The summed E-state index contributed by atoms with van der Waals surface area (Å²) in [4.78, 5) is 13.7. The van der Waals surface area contributed by atoms with E-state index in [4.69, 9.17) is 6.42 Å². The van der Waals surface area contributed by atoms with Crippen molar-refractivity contribution in [3.63, 3.8) is 0 Å². The summed E-state index contributed by atoms with van der Waals surface area (Å²) in [5, 5.41) is 12.5. The lowest BCUT2D eigenvalue weighted by Crippen LogP contribution is -2.51. The molecule has 0 saturated carbocycles. The minimum Gasteiger partial charge on any atom is -0.390 e. The predicted octanol–water partition coefficient (Wildman–Crippen LogP) is -0.0289. The second kappa shape index (κ2) is 5.33. The first-order valence-corrected chi connectivity index (χ1v) is 5.64. The van der Waals surface area contributed by atoms with Gasteiger partial charge in [0.1, 0.15) is 0 Å². The first-order chi connectivity index (χ1) is 7.46. The number of piperidine rings is 1. The Balaban J connectivity index is 2.41. The van der Waals surface area contributed by atoms with Gasteiger partial charge in [0.15, 0.2) is 0 Å². The summed E-state index contributed by atoms with van der Waals surface area (Å²) < 4.78 is 0. The molecule has 1 saturated heterocycles. The number of amides is 1. The minimum absolute atomic E-state index is 0.0421. The quantitative estimate of drug-likeness (QED) is 0.662. The first-order valence-electron chi connectivity index (χ1n) is 5.64. The predicted molar refractivity (Wildman–Crippen MR) is 62.7 cm³/mol. The monoisotopic (exact) mass is 224 g/mol. The van der Waals surface area contributed by atoms with Crippen molar-refractivity contribution in [2.24, 2.45) is 0 Å². The summed E-state index contributed by atoms with van der Waals surface area (Å²) in [7, 11) is 0. The molecule has 16 heavy (non-hydrogen) atoms. The van der Waals surface area contributed by atoms with Crippen molar-refractivity contribution >= 4 is 5.91 Å². The van der Waals surface area contributed by atoms with Gasteiger partial charge in [0.25, 0.3) is 0 Å². The molecule has 1 aliphatic rings. The number of terminal acetylenes is 1. The number of aliphatic hydroxyl groups is 1. The number of rotatable bonds is 3. The second-order valence-electron chi connectivity index (χ2n) is 4.63. The van der Waals surface area contributed by atoms with E-state index < -0.39 is 5.60 Å². The molecule has 0 spiro atoms. The standard InChI is InChI=1S/C12H20N2O2/c1-4-7-13-11(15)10(2)14-8-5-12(3,16)6-9-14/h1,10,16H,5-9H2,2-3H3,(H,13,15). The van der Waals surface area contributed by atoms with Crippen LogP contribution < -0.4 is 5.32 Å². The zero-order chi connectivity index (χ0) is 12.2. The summed E-state index contributed by atoms with van der Waals surface area (Å²) in [5.74, 6) is 2.34. The van der Waals surface area contributed by atoms with Gasteiger partial charge in [0.05, 0.1) is 18.2 Å². The highest BCUT2D eigenvalue weighted by Crippen LogP contribution is 2.22. The number of hydrogen-bond acceptors (Lipinski definition) is 3. The van der Waals surface area contributed by atoms with Gasteiger partial charge in [-0.2, -0.15) is 0 Å². The van der Waals surface area contributed by atoms with Gasteiger partial charge < -0.3 is 10.4 Å². The lowest BCUT2D eigenvalue weighted by atomic mass is 9.93. The van der Waals surface area contributed by atoms with Crippen molar-refractivity contribution < 1.29 is 9.90 Å². The molecule has 4 nitrogen and oxygen atoms in total. The van der Waals surface area contributed by atoms with Crippen LogP contribution in [0, 0.1) is 12.3 Å². The van der Waals surface area contributed by atoms with Gasteiger partial charge in [-0.15, -0.1) is 6.42 Å². The number of likely N-dealkylation sites (tertiary alicyclic amines) is 1. The SMILES string of the molecule is C#CCNC(=O)C(C)N1CCC(C)(O)CC1. The van der Waals surface area contributed by atoms with Crippen molar-refractivity contribution in [2.45, 2.75) is 38.3 Å². The Hall–Kier alpha value is -1.05. The van der Waals surface area contributed by atoms with Crippen LogP contribution in [0.2, 0.25) is 0 Å². The molecule has 1 heterocycles. The van der Waals surface area contributed by atoms with Crippen LogP contribution in [-0.2, 0) is 4.79 Å². The summed E-state index contributed by atoms with van der Waals surface area (Å²) in [5.41, 5.74) is -0.578. The van der Waals surface area contributed by atoms with Gasteiger partial charge in [-0.3, -0.25) is 9.69 Å². The molecule has 1 fully saturated rings. The van der Waals surface area contributed by atoms with Crippen LogP contribution in [0.15, 0.2) is 0 Å². The normalized spacial score (nSPS) is 22.1. The molecular formula is C12H20N2O2. The molecule has 1 amide bonds. The van der Waals surface area contributed by atoms with Gasteiger partial charge in [0.2, 0.25) is 5.91 Å². The fourth-order valence-electron chi connectivity index (χ4n) is 1.84. The molecule has 0 bridgehead atoms. The first kappa shape index (κ1) is 13.0. The molecule has 1 aliphatic heterocycles. The molecule has 1 atom stereocenters. The van der Waals surface area contributed by atoms with Gasteiger partial charge in [0, 0.05) is 13.1 Å². The van der Waals surface area contributed by atoms with E-state index in [0.717, 1.165) is 13.1 Å². The Morgan fingerprint density at radius 3 is 2.69 bits per heavy atom. The number of carbonyl (C=O) groups is 1. The van der Waals surface area contributed by atoms with E-state index in [1.807, 2.05) is 13.8 Å². The highest BCUT2D eigenvalue weighted by molar-refractivity contribution is 5.81. The van der Waals surface area contributed by atoms with E-state index in [1.165, 1.54) is 0 Å². The number of carbonyl (C=O) groups excluding carboxylic acids is 1. The van der Waals surface area contributed by atoms with E-state index in [-0.39, 0.29) is 18.5 Å². The Morgan fingerprint density at radius 2 is 2.19 bits per heavy atom. The molecule has 4 heteroatoms. The molecule has 1 rings (SSSR count). The van der Waals surface area contributed by atoms with Gasteiger partial charge in [-0.25, -0.2) is 0 Å². The van der Waals surface area contributed by atoms with Crippen LogP contribution in [-0.4, -0.2) is 47.2 Å². The summed E-state index contributed by atoms with van der Waals surface area (Å²) in [6, 6.07) is -0.176. The molecule has 0 aromatic carbocycles. The molecule has 1 unspecified atom stereocenters. The van der Waals surface area contributed by atoms with Crippen molar-refractivity contribution in [3.8, 4) is 12.3 Å². The lowest BCUT2D eigenvalue weighted by Gasteiger charge is -2.38. The maximum atomic E-state index is 11.7. The Morgan fingerprint density at radius 1 is 1.62 bits per heavy atom. The zero-order valence-electron chi connectivity index (χ0n) is 9.99. The van der Waals surface area contributed by atoms with E-state index >= 15 is 0 Å². The fourth-order valence-corrected chi connectivity index (χ4v) is 1.84. The van der Waals surface area contributed by atoms with Crippen LogP contribution >= 0.6 is 0 Å². The Kier molecular flexibility index (Phi) is 4.34. The van der Waals surface area contributed by atoms with E-state index in [2.05, 4.69) is 16.1 Å². The van der Waals surface area contributed by atoms with Crippen LogP contribution in [0.25, 0.3) is 0 Å². The average molecular weight is 224 g/mol. The Bertz CT molecular complexity index is 284. The van der Waals surface area contributed by atoms with Crippen molar-refractivity contribution in [1.82, 2.24) is 10.2 Å². The zero-order valence-corrected chi connectivity index (χ0v) is 9.99. The molecule has 90 valence electrons. The summed E-state index contributed by atoms with van der Waals surface area (Å²) >= 11 is 0. The summed E-state index contributed by atoms with van der Waals surface area (Å²) in [6.45, 7) is 5.48. The number of nitrogens with zero attached hydrogens (tertiary/aromatic N) is 1. The molecule has 0 aromatic heterocycles. The van der Waals surface area contributed by atoms with Crippen molar-refractivity contribution in [3.05, 3.63) is 0 Å². The third-order valence-corrected chi connectivity index (χ3v) is 3.17. The fraction of sp³-hybridized carbons (Fsp3) is 0.750. The highest BCUT2D eigenvalue weighted by Gasteiger charge is 2.31. The van der Waals surface area contributed by atoms with Gasteiger partial charge >= 0.3 is 0 Å². The van der Waals surface area contributed by atoms with Crippen molar-refractivity contribution in [2.75, 3.05) is 19.6 Å². The van der Waals surface area contributed by atoms with E-state index in [9.17, 15) is 9.90 Å². The molecule has 0 radical (unpaired) electrons. The van der Waals surface area contributed by atoms with E-state index in [1.54, 1.807) is 0 Å². The van der Waals surface area contributed by atoms with Crippen LogP contribution in [0.1, 0.15) is 26.7 Å². The van der Waals surface area contributed by atoms with Gasteiger partial charge in [-0.1, -0.05) is 5.92 Å². The smallest absolute Gasteiger partial charge is 0.237 e. The highest BCUT2D eigenvalue weighted by atomic mass is 16.3. The van der Waals surface area contributed by atoms with E-state index in [0.29, 0.717) is 12.8 Å². The largest absolute Gasteiger partial charge is 0.390 e. The maximum Gasteiger partial charge on any atom is 0.237 e. The van der Waals surface area contributed by atoms with Crippen molar-refractivity contribution in [1.29, 1.82) is 0 Å². The molecule has 0 aromatic rings. The maximum absolute atomic E-state index is 11.7. The minimum atomic E-state index is -0.578.